The first-order valence-electron chi connectivity index (χ1n) is 5.84. The highest BCUT2D eigenvalue weighted by Gasteiger charge is 2.11. The van der Waals surface area contributed by atoms with Gasteiger partial charge in [-0.2, -0.15) is 0 Å². The minimum absolute atomic E-state index is 0.184. The average Bonchev–Trinajstić information content (AvgIpc) is 2.41. The van der Waals surface area contributed by atoms with Gasteiger partial charge in [-0.25, -0.2) is 8.42 Å². The number of nitrogens with one attached hydrogen (secondary N) is 1. The number of carbonyl (C=O) groups is 1. The molecule has 0 heterocycles. The molecule has 0 aliphatic rings. The molecule has 2 aromatic rings. The van der Waals surface area contributed by atoms with Crippen LogP contribution in [0, 0.1) is 0 Å². The van der Waals surface area contributed by atoms with Crippen molar-refractivity contribution >= 4 is 53.3 Å². The van der Waals surface area contributed by atoms with E-state index in [2.05, 4.69) is 37.2 Å². The van der Waals surface area contributed by atoms with Crippen LogP contribution in [0.2, 0.25) is 0 Å². The number of halogens is 2. The molecule has 7 heteroatoms. The summed E-state index contributed by atoms with van der Waals surface area (Å²) >= 11 is 6.70. The Hall–Kier alpha value is -1.18. The minimum Gasteiger partial charge on any atom is -0.321 e. The van der Waals surface area contributed by atoms with Crippen molar-refractivity contribution in [1.82, 2.24) is 0 Å². The predicted molar refractivity (Wildman–Crippen MR) is 89.3 cm³/mol. The lowest BCUT2D eigenvalue weighted by Gasteiger charge is -2.08. The van der Waals surface area contributed by atoms with E-state index in [-0.39, 0.29) is 10.8 Å². The summed E-state index contributed by atoms with van der Waals surface area (Å²) in [7, 11) is -3.26. The Bertz CT molecular complexity index is 786. The summed E-state index contributed by atoms with van der Waals surface area (Å²) < 4.78 is 24.4. The normalized spacial score (nSPS) is 11.2. The van der Waals surface area contributed by atoms with Gasteiger partial charge in [0.2, 0.25) is 0 Å². The summed E-state index contributed by atoms with van der Waals surface area (Å²) in [5.74, 6) is -0.307. The van der Waals surface area contributed by atoms with E-state index >= 15 is 0 Å². The van der Waals surface area contributed by atoms with Crippen LogP contribution < -0.4 is 5.32 Å². The van der Waals surface area contributed by atoms with Crippen LogP contribution in [0.1, 0.15) is 10.4 Å². The van der Waals surface area contributed by atoms with Crippen molar-refractivity contribution in [3.8, 4) is 0 Å². The average molecular weight is 433 g/mol. The summed E-state index contributed by atoms with van der Waals surface area (Å²) in [5.41, 5.74) is 1.02. The Balaban J connectivity index is 2.21. The molecule has 1 N–H and O–H groups in total. The van der Waals surface area contributed by atoms with Gasteiger partial charge in [0.25, 0.3) is 5.91 Å². The summed E-state index contributed by atoms with van der Waals surface area (Å²) in [6, 6.07) is 11.2. The smallest absolute Gasteiger partial charge is 0.255 e. The maximum atomic E-state index is 12.1. The topological polar surface area (TPSA) is 63.2 Å². The van der Waals surface area contributed by atoms with E-state index in [1.807, 2.05) is 12.1 Å². The van der Waals surface area contributed by atoms with E-state index in [9.17, 15) is 13.2 Å². The fraction of sp³-hybridized carbons (Fsp3) is 0.0714. The number of rotatable bonds is 3. The zero-order valence-electron chi connectivity index (χ0n) is 10.9. The highest BCUT2D eigenvalue weighted by atomic mass is 79.9. The van der Waals surface area contributed by atoms with E-state index in [0.717, 1.165) is 15.2 Å². The molecule has 0 unspecified atom stereocenters. The summed E-state index contributed by atoms with van der Waals surface area (Å²) in [6.07, 6.45) is 1.13. The van der Waals surface area contributed by atoms with Crippen LogP contribution in [-0.4, -0.2) is 20.6 Å². The molecule has 0 aromatic heterocycles. The van der Waals surface area contributed by atoms with Gasteiger partial charge in [0.05, 0.1) is 10.6 Å². The summed E-state index contributed by atoms with van der Waals surface area (Å²) in [6.45, 7) is 0. The van der Waals surface area contributed by atoms with Gasteiger partial charge in [0.15, 0.2) is 9.84 Å². The summed E-state index contributed by atoms with van der Waals surface area (Å²) in [5, 5.41) is 2.76. The SMILES string of the molecule is CS(=O)(=O)c1ccc(C(=O)Nc2ccc(Br)cc2Br)cc1. The number of benzene rings is 2. The lowest BCUT2D eigenvalue weighted by Crippen LogP contribution is -2.12. The number of hydrogen-bond donors (Lipinski definition) is 1. The molecule has 0 aliphatic heterocycles. The third-order valence-electron chi connectivity index (χ3n) is 2.72. The predicted octanol–water partition coefficient (Wildman–Crippen LogP) is 3.87. The second-order valence-electron chi connectivity index (χ2n) is 4.37. The van der Waals surface area contributed by atoms with Crippen molar-refractivity contribution in [2.24, 2.45) is 0 Å². The quantitative estimate of drug-likeness (QED) is 0.800. The molecule has 2 rings (SSSR count). The molecule has 0 aliphatic carbocycles. The second kappa shape index (κ2) is 6.29. The zero-order chi connectivity index (χ0) is 15.6. The van der Waals surface area contributed by atoms with Crippen molar-refractivity contribution in [3.63, 3.8) is 0 Å². The van der Waals surface area contributed by atoms with Crippen LogP contribution in [0.25, 0.3) is 0 Å². The Kier molecular flexibility index (Phi) is 4.85. The number of carbonyl (C=O) groups excluding carboxylic acids is 1. The van der Waals surface area contributed by atoms with Crippen LogP contribution in [0.4, 0.5) is 5.69 Å². The van der Waals surface area contributed by atoms with E-state index in [4.69, 9.17) is 0 Å². The number of amides is 1. The fourth-order valence-corrected chi connectivity index (χ4v) is 3.42. The van der Waals surface area contributed by atoms with Crippen molar-refractivity contribution in [3.05, 3.63) is 57.0 Å². The third kappa shape index (κ3) is 4.15. The van der Waals surface area contributed by atoms with Gasteiger partial charge >= 0.3 is 0 Å². The molecule has 0 bridgehead atoms. The molecule has 0 saturated heterocycles. The first-order chi connectivity index (χ1) is 9.77. The second-order valence-corrected chi connectivity index (χ2v) is 8.16. The molecule has 1 amide bonds. The lowest BCUT2D eigenvalue weighted by atomic mass is 10.2. The highest BCUT2D eigenvalue weighted by molar-refractivity contribution is 9.11. The molecule has 21 heavy (non-hydrogen) atoms. The van der Waals surface area contributed by atoms with E-state index in [0.29, 0.717) is 11.3 Å². The molecule has 0 spiro atoms. The van der Waals surface area contributed by atoms with Crippen molar-refractivity contribution in [1.29, 1.82) is 0 Å². The Labute approximate surface area is 139 Å². The minimum atomic E-state index is -3.26. The Morgan fingerprint density at radius 2 is 1.67 bits per heavy atom. The van der Waals surface area contributed by atoms with Gasteiger partial charge in [0, 0.05) is 20.8 Å². The first kappa shape index (κ1) is 16.2. The molecule has 4 nitrogen and oxygen atoms in total. The number of hydrogen-bond acceptors (Lipinski definition) is 3. The molecular formula is C14H11Br2NO3S. The molecule has 110 valence electrons. The standard InChI is InChI=1S/C14H11Br2NO3S/c1-21(19,20)11-5-2-9(3-6-11)14(18)17-13-7-4-10(15)8-12(13)16/h2-8H,1H3,(H,17,18). The maximum Gasteiger partial charge on any atom is 0.255 e. The fourth-order valence-electron chi connectivity index (χ4n) is 1.64. The van der Waals surface area contributed by atoms with Crippen LogP contribution in [0.15, 0.2) is 56.3 Å². The van der Waals surface area contributed by atoms with Gasteiger partial charge < -0.3 is 5.32 Å². The largest absolute Gasteiger partial charge is 0.321 e. The maximum absolute atomic E-state index is 12.1. The molecule has 0 fully saturated rings. The lowest BCUT2D eigenvalue weighted by molar-refractivity contribution is 0.102. The van der Waals surface area contributed by atoms with Gasteiger partial charge in [0.1, 0.15) is 0 Å². The van der Waals surface area contributed by atoms with Crippen LogP contribution >= 0.6 is 31.9 Å². The Morgan fingerprint density at radius 1 is 1.05 bits per heavy atom. The van der Waals surface area contributed by atoms with Crippen molar-refractivity contribution < 1.29 is 13.2 Å². The van der Waals surface area contributed by atoms with Crippen molar-refractivity contribution in [2.75, 3.05) is 11.6 Å². The monoisotopic (exact) mass is 431 g/mol. The number of sulfone groups is 1. The van der Waals surface area contributed by atoms with E-state index in [1.165, 1.54) is 24.3 Å². The van der Waals surface area contributed by atoms with Gasteiger partial charge in [-0.15, -0.1) is 0 Å². The van der Waals surface area contributed by atoms with E-state index < -0.39 is 9.84 Å². The van der Waals surface area contributed by atoms with Gasteiger partial charge in [-0.05, 0) is 58.4 Å². The van der Waals surface area contributed by atoms with Crippen LogP contribution in [0.3, 0.4) is 0 Å². The molecule has 0 saturated carbocycles. The first-order valence-corrected chi connectivity index (χ1v) is 9.31. The molecular weight excluding hydrogens is 422 g/mol. The number of anilines is 1. The van der Waals surface area contributed by atoms with Crippen molar-refractivity contribution in [2.45, 2.75) is 4.90 Å². The van der Waals surface area contributed by atoms with Crippen LogP contribution in [-0.2, 0) is 9.84 Å². The van der Waals surface area contributed by atoms with Gasteiger partial charge in [-0.1, -0.05) is 15.9 Å². The van der Waals surface area contributed by atoms with E-state index in [1.54, 1.807) is 6.07 Å². The highest BCUT2D eigenvalue weighted by Crippen LogP contribution is 2.26. The molecule has 2 aromatic carbocycles. The molecule has 0 radical (unpaired) electrons. The third-order valence-corrected chi connectivity index (χ3v) is 5.00. The Morgan fingerprint density at radius 3 is 2.19 bits per heavy atom. The summed E-state index contributed by atoms with van der Waals surface area (Å²) in [4.78, 5) is 12.3. The van der Waals surface area contributed by atoms with Crippen LogP contribution in [0.5, 0.6) is 0 Å². The van der Waals surface area contributed by atoms with Gasteiger partial charge in [-0.3, -0.25) is 4.79 Å². The molecule has 0 atom stereocenters. The zero-order valence-corrected chi connectivity index (χ0v) is 14.9.